The number of halogens is 1. The molecule has 2 aromatic rings. The van der Waals surface area contributed by atoms with Crippen LogP contribution < -0.4 is 4.90 Å². The number of anilines is 1. The summed E-state index contributed by atoms with van der Waals surface area (Å²) < 4.78 is 14.0. The van der Waals surface area contributed by atoms with E-state index in [1.54, 1.807) is 23.1 Å². The van der Waals surface area contributed by atoms with Gasteiger partial charge in [-0.15, -0.1) is 0 Å². The molecule has 136 valence electrons. The van der Waals surface area contributed by atoms with Gasteiger partial charge in [-0.05, 0) is 43.9 Å². The predicted octanol–water partition coefficient (Wildman–Crippen LogP) is 2.77. The average molecular weight is 354 g/mol. The molecule has 26 heavy (non-hydrogen) atoms. The molecule has 0 saturated carbocycles. The lowest BCUT2D eigenvalue weighted by molar-refractivity contribution is 0.0758. The van der Waals surface area contributed by atoms with Crippen LogP contribution in [0.4, 0.5) is 10.3 Å². The summed E-state index contributed by atoms with van der Waals surface area (Å²) in [6.07, 6.45) is 3.76. The Kier molecular flexibility index (Phi) is 4.57. The molecule has 1 saturated heterocycles. The smallest absolute Gasteiger partial charge is 0.256 e. The lowest BCUT2D eigenvalue weighted by Crippen LogP contribution is -2.33. The Bertz CT molecular complexity index is 833. The third-order valence-corrected chi connectivity index (χ3v) is 5.32. The molecule has 2 aliphatic rings. The quantitative estimate of drug-likeness (QED) is 0.832. The summed E-state index contributed by atoms with van der Waals surface area (Å²) in [5.74, 6) is 0.0977. The van der Waals surface area contributed by atoms with Crippen molar-refractivity contribution in [2.75, 3.05) is 31.1 Å². The van der Waals surface area contributed by atoms with Gasteiger partial charge in [0.2, 0.25) is 5.95 Å². The molecule has 1 amide bonds. The van der Waals surface area contributed by atoms with Gasteiger partial charge in [-0.2, -0.15) is 0 Å². The second kappa shape index (κ2) is 7.02. The van der Waals surface area contributed by atoms with E-state index in [0.717, 1.165) is 36.0 Å². The van der Waals surface area contributed by atoms with Gasteiger partial charge in [0.25, 0.3) is 5.91 Å². The van der Waals surface area contributed by atoms with Crippen molar-refractivity contribution in [3.8, 4) is 0 Å². The number of aryl methyl sites for hydroxylation is 1. The van der Waals surface area contributed by atoms with E-state index in [1.165, 1.54) is 18.9 Å². The normalized spacial score (nSPS) is 17.2. The van der Waals surface area contributed by atoms with Gasteiger partial charge in [-0.1, -0.05) is 12.1 Å². The Balaban J connectivity index is 1.56. The molecule has 1 fully saturated rings. The zero-order valence-corrected chi connectivity index (χ0v) is 15.0. The molecule has 0 radical (unpaired) electrons. The number of hydrogen-bond acceptors (Lipinski definition) is 4. The van der Waals surface area contributed by atoms with E-state index < -0.39 is 5.82 Å². The monoisotopic (exact) mass is 354 g/mol. The highest BCUT2D eigenvalue weighted by molar-refractivity contribution is 5.94. The van der Waals surface area contributed by atoms with Crippen LogP contribution in [-0.2, 0) is 12.8 Å². The minimum Gasteiger partial charge on any atom is -0.341 e. The van der Waals surface area contributed by atoms with Crippen molar-refractivity contribution in [2.45, 2.75) is 32.6 Å². The van der Waals surface area contributed by atoms with Gasteiger partial charge < -0.3 is 9.80 Å². The average Bonchev–Trinajstić information content (AvgIpc) is 3.09. The summed E-state index contributed by atoms with van der Waals surface area (Å²) in [7, 11) is 0. The molecule has 2 aliphatic heterocycles. The fraction of sp³-hybridized carbons (Fsp3) is 0.450. The summed E-state index contributed by atoms with van der Waals surface area (Å²) >= 11 is 0. The topological polar surface area (TPSA) is 49.3 Å². The molecule has 0 N–H and O–H groups in total. The van der Waals surface area contributed by atoms with Gasteiger partial charge in [0.1, 0.15) is 5.82 Å². The van der Waals surface area contributed by atoms with Crippen molar-refractivity contribution >= 4 is 11.9 Å². The van der Waals surface area contributed by atoms with Gasteiger partial charge >= 0.3 is 0 Å². The lowest BCUT2D eigenvalue weighted by atomic mass is 10.1. The standard InChI is InChI=1S/C20H23FN4O/c1-14-15-8-12-24(19(26)16-6-2-3-7-17(16)21)13-9-18(15)23-20(22-14)25-10-4-5-11-25/h2-3,6-7H,4-5,8-13H2,1H3. The Hall–Kier alpha value is -2.50. The third kappa shape index (κ3) is 3.16. The van der Waals surface area contributed by atoms with E-state index in [1.807, 2.05) is 6.92 Å². The summed E-state index contributed by atoms with van der Waals surface area (Å²) in [5.41, 5.74) is 3.30. The Morgan fingerprint density at radius 1 is 1.04 bits per heavy atom. The van der Waals surface area contributed by atoms with Gasteiger partial charge in [0, 0.05) is 38.3 Å². The summed E-state index contributed by atoms with van der Waals surface area (Å²) in [5, 5.41) is 0. The van der Waals surface area contributed by atoms with Crippen LogP contribution in [0, 0.1) is 12.7 Å². The van der Waals surface area contributed by atoms with Gasteiger partial charge in [0.15, 0.2) is 0 Å². The zero-order valence-electron chi connectivity index (χ0n) is 15.0. The maximum Gasteiger partial charge on any atom is 0.256 e. The zero-order chi connectivity index (χ0) is 18.1. The van der Waals surface area contributed by atoms with Crippen molar-refractivity contribution < 1.29 is 9.18 Å². The highest BCUT2D eigenvalue weighted by atomic mass is 19.1. The first-order valence-electron chi connectivity index (χ1n) is 9.28. The molecule has 6 heteroatoms. The number of fused-ring (bicyclic) bond motifs is 1. The fourth-order valence-electron chi connectivity index (χ4n) is 3.84. The predicted molar refractivity (Wildman–Crippen MR) is 97.9 cm³/mol. The number of carbonyl (C=O) groups is 1. The number of hydrogen-bond donors (Lipinski definition) is 0. The highest BCUT2D eigenvalue weighted by Gasteiger charge is 2.25. The molecular formula is C20H23FN4O. The highest BCUT2D eigenvalue weighted by Crippen LogP contribution is 2.23. The van der Waals surface area contributed by atoms with Crippen molar-refractivity contribution in [1.82, 2.24) is 14.9 Å². The van der Waals surface area contributed by atoms with Crippen molar-refractivity contribution in [2.24, 2.45) is 0 Å². The van der Waals surface area contributed by atoms with Gasteiger partial charge in [-0.3, -0.25) is 4.79 Å². The number of carbonyl (C=O) groups excluding carboxylic acids is 1. The Labute approximate surface area is 152 Å². The van der Waals surface area contributed by atoms with Crippen LogP contribution in [0.2, 0.25) is 0 Å². The Morgan fingerprint density at radius 3 is 2.54 bits per heavy atom. The molecule has 0 bridgehead atoms. The molecule has 0 unspecified atom stereocenters. The molecule has 4 rings (SSSR count). The van der Waals surface area contributed by atoms with Crippen molar-refractivity contribution in [3.05, 3.63) is 52.6 Å². The second-order valence-electron chi connectivity index (χ2n) is 7.00. The van der Waals surface area contributed by atoms with Crippen LogP contribution in [0.25, 0.3) is 0 Å². The maximum atomic E-state index is 14.0. The van der Waals surface area contributed by atoms with E-state index in [9.17, 15) is 9.18 Å². The maximum absolute atomic E-state index is 14.0. The minimum atomic E-state index is -0.466. The molecule has 1 aromatic carbocycles. The van der Waals surface area contributed by atoms with Crippen molar-refractivity contribution in [1.29, 1.82) is 0 Å². The first kappa shape index (κ1) is 16.9. The first-order valence-corrected chi connectivity index (χ1v) is 9.28. The number of amides is 1. The molecular weight excluding hydrogens is 331 g/mol. The van der Waals surface area contributed by atoms with E-state index in [0.29, 0.717) is 25.9 Å². The van der Waals surface area contributed by atoms with E-state index in [-0.39, 0.29) is 11.5 Å². The van der Waals surface area contributed by atoms with E-state index >= 15 is 0 Å². The Morgan fingerprint density at radius 2 is 1.77 bits per heavy atom. The number of aromatic nitrogens is 2. The van der Waals surface area contributed by atoms with Crippen LogP contribution in [0.3, 0.4) is 0 Å². The first-order chi connectivity index (χ1) is 12.6. The number of nitrogens with zero attached hydrogens (tertiary/aromatic N) is 4. The minimum absolute atomic E-state index is 0.138. The summed E-state index contributed by atoms with van der Waals surface area (Å²) in [6.45, 7) is 5.16. The number of rotatable bonds is 2. The fourth-order valence-corrected chi connectivity index (χ4v) is 3.84. The second-order valence-corrected chi connectivity index (χ2v) is 7.00. The molecule has 3 heterocycles. The third-order valence-electron chi connectivity index (χ3n) is 5.32. The number of benzene rings is 1. The van der Waals surface area contributed by atoms with E-state index in [4.69, 9.17) is 9.97 Å². The van der Waals surface area contributed by atoms with Gasteiger partial charge in [0.05, 0.1) is 11.3 Å². The van der Waals surface area contributed by atoms with Crippen LogP contribution in [0.1, 0.15) is 40.2 Å². The molecule has 0 aliphatic carbocycles. The lowest BCUT2D eigenvalue weighted by Gasteiger charge is -2.20. The molecule has 1 aromatic heterocycles. The van der Waals surface area contributed by atoms with E-state index in [2.05, 4.69) is 4.90 Å². The van der Waals surface area contributed by atoms with Crippen LogP contribution in [0.15, 0.2) is 24.3 Å². The largest absolute Gasteiger partial charge is 0.341 e. The molecule has 0 spiro atoms. The van der Waals surface area contributed by atoms with Crippen LogP contribution >= 0.6 is 0 Å². The van der Waals surface area contributed by atoms with Crippen molar-refractivity contribution in [3.63, 3.8) is 0 Å². The molecule has 5 nitrogen and oxygen atoms in total. The molecule has 0 atom stereocenters. The summed E-state index contributed by atoms with van der Waals surface area (Å²) in [6, 6.07) is 6.17. The summed E-state index contributed by atoms with van der Waals surface area (Å²) in [4.78, 5) is 26.2. The SMILES string of the molecule is Cc1nc(N2CCCC2)nc2c1CCN(C(=O)c1ccccc1F)CC2. The van der Waals surface area contributed by atoms with Crippen LogP contribution in [0.5, 0.6) is 0 Å². The van der Waals surface area contributed by atoms with Gasteiger partial charge in [-0.25, -0.2) is 14.4 Å². The van der Waals surface area contributed by atoms with Crippen LogP contribution in [-0.4, -0.2) is 47.0 Å².